The lowest BCUT2D eigenvalue weighted by Crippen LogP contribution is -2.50. The zero-order valence-corrected chi connectivity index (χ0v) is 30.3. The van der Waals surface area contributed by atoms with Gasteiger partial charge in [-0.3, -0.25) is 14.9 Å². The number of hydrogen-bond acceptors (Lipinski definition) is 10. The minimum absolute atomic E-state index is 0.0198. The van der Waals surface area contributed by atoms with Crippen molar-refractivity contribution >= 4 is 64.8 Å². The van der Waals surface area contributed by atoms with Gasteiger partial charge in [0, 0.05) is 30.3 Å². The van der Waals surface area contributed by atoms with Crippen molar-refractivity contribution < 1.29 is 42.9 Å². The van der Waals surface area contributed by atoms with Gasteiger partial charge < -0.3 is 40.2 Å². The van der Waals surface area contributed by atoms with Gasteiger partial charge in [-0.2, -0.15) is 0 Å². The summed E-state index contributed by atoms with van der Waals surface area (Å²) in [6.45, 7) is 10.0. The number of benzene rings is 2. The number of anilines is 1. The zero-order valence-electron chi connectivity index (χ0n) is 28.8. The third-order valence-electron chi connectivity index (χ3n) is 6.52. The van der Waals surface area contributed by atoms with Crippen LogP contribution in [-0.2, 0) is 23.8 Å². The summed E-state index contributed by atoms with van der Waals surface area (Å²) >= 11 is 12.2. The first-order valence-corrected chi connectivity index (χ1v) is 16.3. The first-order valence-electron chi connectivity index (χ1n) is 15.5. The molecular weight excluding hydrogens is 695 g/mol. The van der Waals surface area contributed by atoms with Crippen molar-refractivity contribution in [3.05, 3.63) is 57.6 Å². The van der Waals surface area contributed by atoms with Crippen LogP contribution < -0.4 is 31.3 Å². The normalized spacial score (nSPS) is 15.0. The molecule has 1 aliphatic rings. The molecule has 0 bridgehead atoms. The minimum Gasteiger partial charge on any atom is -0.493 e. The van der Waals surface area contributed by atoms with Gasteiger partial charge in [0.15, 0.2) is 0 Å². The number of fused-ring (bicyclic) bond motifs is 1. The Labute approximate surface area is 300 Å². The second-order valence-electron chi connectivity index (χ2n) is 13.0. The average Bonchev–Trinajstić information content (AvgIpc) is 2.99. The van der Waals surface area contributed by atoms with Crippen molar-refractivity contribution in [2.24, 2.45) is 4.99 Å². The molecule has 1 heterocycles. The van der Waals surface area contributed by atoms with Crippen molar-refractivity contribution in [2.75, 3.05) is 32.1 Å². The summed E-state index contributed by atoms with van der Waals surface area (Å²) in [4.78, 5) is 67.0. The first-order chi connectivity index (χ1) is 23.3. The quantitative estimate of drug-likeness (QED) is 0.103. The topological polar surface area (TPSA) is 195 Å². The van der Waals surface area contributed by atoms with E-state index in [2.05, 4.69) is 31.6 Å². The highest BCUT2D eigenvalue weighted by molar-refractivity contribution is 6.39. The molecular formula is C33H42Cl2N6O9. The van der Waals surface area contributed by atoms with Crippen LogP contribution in [0.1, 0.15) is 69.9 Å². The fraction of sp³-hybridized carbons (Fsp3) is 0.455. The number of nitrogens with zero attached hydrogens (tertiary/aromatic N) is 1. The van der Waals surface area contributed by atoms with Crippen molar-refractivity contribution in [3.8, 4) is 5.75 Å². The number of aliphatic imine (C=N–C) groups is 1. The summed E-state index contributed by atoms with van der Waals surface area (Å²) in [6, 6.07) is 8.02. The maximum absolute atomic E-state index is 12.9. The van der Waals surface area contributed by atoms with Gasteiger partial charge >= 0.3 is 18.2 Å². The van der Waals surface area contributed by atoms with E-state index in [0.717, 1.165) is 7.11 Å². The molecule has 0 radical (unpaired) electrons. The molecule has 0 spiro atoms. The third kappa shape index (κ3) is 12.7. The Balaban J connectivity index is 1.69. The molecule has 2 atom stereocenters. The van der Waals surface area contributed by atoms with Crippen molar-refractivity contribution in [3.63, 3.8) is 0 Å². The Hall–Kier alpha value is -4.60. The fourth-order valence-corrected chi connectivity index (χ4v) is 5.03. The Kier molecular flexibility index (Phi) is 13.8. The summed E-state index contributed by atoms with van der Waals surface area (Å²) in [7, 11) is 1.15. The summed E-state index contributed by atoms with van der Waals surface area (Å²) in [5.41, 5.74) is -0.550. The zero-order chi connectivity index (χ0) is 37.2. The molecule has 0 saturated carbocycles. The van der Waals surface area contributed by atoms with E-state index in [4.69, 9.17) is 42.1 Å². The van der Waals surface area contributed by atoms with E-state index in [9.17, 15) is 24.0 Å². The molecule has 272 valence electrons. The van der Waals surface area contributed by atoms with Gasteiger partial charge in [-0.1, -0.05) is 29.3 Å². The van der Waals surface area contributed by atoms with Crippen LogP contribution in [0.2, 0.25) is 10.0 Å². The van der Waals surface area contributed by atoms with Crippen LogP contribution in [0.3, 0.4) is 0 Å². The number of amides is 4. The maximum atomic E-state index is 12.9. The van der Waals surface area contributed by atoms with Gasteiger partial charge in [0.1, 0.15) is 23.0 Å². The molecule has 5 N–H and O–H groups in total. The van der Waals surface area contributed by atoms with Gasteiger partial charge in [0.2, 0.25) is 11.9 Å². The summed E-state index contributed by atoms with van der Waals surface area (Å²) in [5.74, 6) is -1.66. The number of nitrogens with one attached hydrogen (secondary N) is 5. The van der Waals surface area contributed by atoms with Crippen LogP contribution in [-0.4, -0.2) is 80.0 Å². The monoisotopic (exact) mass is 736 g/mol. The second kappa shape index (κ2) is 17.4. The number of hydrogen-bond donors (Lipinski definition) is 5. The van der Waals surface area contributed by atoms with Gasteiger partial charge in [-0.25, -0.2) is 14.4 Å². The van der Waals surface area contributed by atoms with E-state index in [1.54, 1.807) is 65.8 Å². The lowest BCUT2D eigenvalue weighted by atomic mass is 9.99. The van der Waals surface area contributed by atoms with Crippen LogP contribution >= 0.6 is 23.2 Å². The summed E-state index contributed by atoms with van der Waals surface area (Å²) in [5, 5.41) is 13.8. The molecule has 17 heteroatoms. The molecule has 4 amide bonds. The van der Waals surface area contributed by atoms with Gasteiger partial charge in [-0.05, 0) is 71.9 Å². The van der Waals surface area contributed by atoms with E-state index in [0.29, 0.717) is 30.0 Å². The number of esters is 1. The van der Waals surface area contributed by atoms with Crippen molar-refractivity contribution in [1.29, 1.82) is 0 Å². The standard InChI is InChI=1S/C33H42Cl2N6O9/c1-32(2,3)49-30(45)40-29(41-31(46)50-33(4,5)6)38-18-11-12-24-19(15-18)22(13-14-48-24)36-17-25(42)37-16-23(28(44)47-7)39-27(43)26-20(34)9-8-10-21(26)35/h8-12,15,22-23,36H,13-14,16-17H2,1-7H3,(H,37,42)(H,39,43)(H2,38,40,41,45,46)/t22-,23-/m0/s1. The Bertz CT molecular complexity index is 1600. The van der Waals surface area contributed by atoms with Gasteiger partial charge in [0.05, 0.1) is 35.9 Å². The lowest BCUT2D eigenvalue weighted by molar-refractivity contribution is -0.142. The Morgan fingerprint density at radius 3 is 2.26 bits per heavy atom. The van der Waals surface area contributed by atoms with E-state index in [-0.39, 0.29) is 40.7 Å². The molecule has 50 heavy (non-hydrogen) atoms. The smallest absolute Gasteiger partial charge is 0.437 e. The number of ether oxygens (including phenoxy) is 4. The number of methoxy groups -OCH3 is 1. The average molecular weight is 738 g/mol. The highest BCUT2D eigenvalue weighted by Crippen LogP contribution is 2.34. The first kappa shape index (κ1) is 39.8. The summed E-state index contributed by atoms with van der Waals surface area (Å²) in [6.07, 6.45) is -1.29. The van der Waals surface area contributed by atoms with Crippen LogP contribution in [0.4, 0.5) is 15.3 Å². The predicted octanol–water partition coefficient (Wildman–Crippen LogP) is 4.72. The molecule has 2 aromatic rings. The highest BCUT2D eigenvalue weighted by atomic mass is 35.5. The molecule has 2 aromatic carbocycles. The highest BCUT2D eigenvalue weighted by Gasteiger charge is 2.27. The number of alkyl carbamates (subject to hydrolysis) is 1. The Morgan fingerprint density at radius 2 is 1.64 bits per heavy atom. The number of rotatable bonds is 9. The van der Waals surface area contributed by atoms with E-state index in [1.807, 2.05) is 0 Å². The van der Waals surface area contributed by atoms with Crippen LogP contribution in [0.5, 0.6) is 5.75 Å². The number of halogens is 2. The Morgan fingerprint density at radius 1 is 0.980 bits per heavy atom. The minimum atomic E-state index is -1.23. The van der Waals surface area contributed by atoms with Crippen LogP contribution in [0.25, 0.3) is 0 Å². The molecule has 15 nitrogen and oxygen atoms in total. The van der Waals surface area contributed by atoms with Crippen LogP contribution in [0, 0.1) is 0 Å². The third-order valence-corrected chi connectivity index (χ3v) is 7.15. The molecule has 3 rings (SSSR count). The van der Waals surface area contributed by atoms with Gasteiger partial charge in [-0.15, -0.1) is 4.99 Å². The van der Waals surface area contributed by atoms with E-state index < -0.39 is 47.2 Å². The molecule has 1 aliphatic heterocycles. The van der Waals surface area contributed by atoms with E-state index >= 15 is 0 Å². The van der Waals surface area contributed by atoms with Crippen molar-refractivity contribution in [2.45, 2.75) is 71.2 Å². The number of carbonyl (C=O) groups is 5. The molecule has 0 unspecified atom stereocenters. The van der Waals surface area contributed by atoms with Crippen LogP contribution in [0.15, 0.2) is 41.4 Å². The largest absolute Gasteiger partial charge is 0.493 e. The fourth-order valence-electron chi connectivity index (χ4n) is 4.46. The number of guanidine groups is 1. The van der Waals surface area contributed by atoms with Gasteiger partial charge in [0.25, 0.3) is 5.91 Å². The van der Waals surface area contributed by atoms with E-state index in [1.165, 1.54) is 12.1 Å². The number of carbonyl (C=O) groups excluding carboxylic acids is 5. The molecule has 0 aliphatic carbocycles. The lowest BCUT2D eigenvalue weighted by Gasteiger charge is -2.27. The van der Waals surface area contributed by atoms with Crippen molar-refractivity contribution in [1.82, 2.24) is 21.3 Å². The second-order valence-corrected chi connectivity index (χ2v) is 13.8. The predicted molar refractivity (Wildman–Crippen MR) is 187 cm³/mol. The maximum Gasteiger partial charge on any atom is 0.437 e. The summed E-state index contributed by atoms with van der Waals surface area (Å²) < 4.78 is 21.2. The SMILES string of the molecule is COC(=O)[C@H](CNC(=O)CN[C@H]1CCOc2ccc(N/C(=N/C(=O)OC(C)(C)C)NC(=O)OC(C)(C)C)cc21)NC(=O)c1c(Cl)cccc1Cl. The molecule has 0 saturated heterocycles. The molecule has 0 aromatic heterocycles. The molecule has 0 fully saturated rings.